The maximum atomic E-state index is 12.3. The average Bonchev–Trinajstić information content (AvgIpc) is 2.76. The van der Waals surface area contributed by atoms with Crippen molar-refractivity contribution in [3.63, 3.8) is 0 Å². The van der Waals surface area contributed by atoms with E-state index in [1.54, 1.807) is 18.2 Å². The van der Waals surface area contributed by atoms with Crippen LogP contribution in [0, 0.1) is 0 Å². The molecule has 2 aromatic carbocycles. The van der Waals surface area contributed by atoms with Crippen LogP contribution in [-0.2, 0) is 4.79 Å². The molecular formula is C25H31N3O2. The molecule has 5 heteroatoms. The summed E-state index contributed by atoms with van der Waals surface area (Å²) in [5.74, 6) is -0.0565. The molecule has 3 N–H and O–H groups in total. The summed E-state index contributed by atoms with van der Waals surface area (Å²) in [7, 11) is 0. The zero-order valence-corrected chi connectivity index (χ0v) is 17.9. The van der Waals surface area contributed by atoms with Gasteiger partial charge in [0.15, 0.2) is 12.1 Å². The van der Waals surface area contributed by atoms with Gasteiger partial charge in [-0.05, 0) is 56.5 Å². The van der Waals surface area contributed by atoms with Crippen molar-refractivity contribution in [1.29, 1.82) is 0 Å². The number of hydrogen-bond acceptors (Lipinski definition) is 5. The molecule has 0 saturated carbocycles. The first-order valence-corrected chi connectivity index (χ1v) is 10.7. The minimum absolute atomic E-state index is 0.0565. The Kier molecular flexibility index (Phi) is 7.41. The van der Waals surface area contributed by atoms with Crippen LogP contribution >= 0.6 is 0 Å². The smallest absolute Gasteiger partial charge is 0.159 e. The van der Waals surface area contributed by atoms with Crippen molar-refractivity contribution in [2.45, 2.75) is 39.2 Å². The number of nitrogens with zero attached hydrogens (tertiary/aromatic N) is 1. The van der Waals surface area contributed by atoms with Gasteiger partial charge in [0.05, 0.1) is 5.70 Å². The Balaban J connectivity index is 2.01. The minimum Gasteiger partial charge on any atom is -0.398 e. The first-order valence-electron chi connectivity index (χ1n) is 10.7. The summed E-state index contributed by atoms with van der Waals surface area (Å²) >= 11 is 0. The molecule has 0 amide bonds. The second kappa shape index (κ2) is 10.2. The van der Waals surface area contributed by atoms with Crippen LogP contribution in [0.1, 0.15) is 54.6 Å². The van der Waals surface area contributed by atoms with Gasteiger partial charge in [-0.3, -0.25) is 9.59 Å². The Hall–Kier alpha value is -2.92. The number of anilines is 1. The summed E-state index contributed by atoms with van der Waals surface area (Å²) in [6.07, 6.45) is 4.04. The second-order valence-corrected chi connectivity index (χ2v) is 7.89. The van der Waals surface area contributed by atoms with Crippen molar-refractivity contribution in [1.82, 2.24) is 10.2 Å². The Morgan fingerprint density at radius 3 is 2.43 bits per heavy atom. The molecule has 0 spiro atoms. The number of likely N-dealkylation sites (tertiary alicyclic amines) is 1. The van der Waals surface area contributed by atoms with Crippen LogP contribution in [0.5, 0.6) is 0 Å². The largest absolute Gasteiger partial charge is 0.398 e. The van der Waals surface area contributed by atoms with E-state index in [9.17, 15) is 9.59 Å². The molecule has 0 bridgehead atoms. The molecule has 0 unspecified atom stereocenters. The van der Waals surface area contributed by atoms with Crippen LogP contribution in [-0.4, -0.2) is 42.6 Å². The van der Waals surface area contributed by atoms with E-state index in [4.69, 9.17) is 5.73 Å². The van der Waals surface area contributed by atoms with Gasteiger partial charge in [-0.15, -0.1) is 0 Å². The number of carbonyl (C=O) groups is 2. The predicted octanol–water partition coefficient (Wildman–Crippen LogP) is 4.00. The molecule has 1 aliphatic rings. The molecule has 0 aliphatic carbocycles. The highest BCUT2D eigenvalue weighted by Crippen LogP contribution is 2.29. The summed E-state index contributed by atoms with van der Waals surface area (Å²) in [6.45, 7) is 6.94. The molecule has 1 saturated heterocycles. The van der Waals surface area contributed by atoms with Gasteiger partial charge >= 0.3 is 0 Å². The third-order valence-corrected chi connectivity index (χ3v) is 5.68. The molecule has 30 heavy (non-hydrogen) atoms. The molecule has 1 aliphatic heterocycles. The van der Waals surface area contributed by atoms with Crippen molar-refractivity contribution >= 4 is 29.0 Å². The summed E-state index contributed by atoms with van der Waals surface area (Å²) in [4.78, 5) is 26.7. The topological polar surface area (TPSA) is 75.4 Å². The molecule has 1 heterocycles. The van der Waals surface area contributed by atoms with Crippen LogP contribution in [0.2, 0.25) is 0 Å². The number of allylic oxidation sites excluding steroid dienone is 1. The highest BCUT2D eigenvalue weighted by atomic mass is 16.1. The molecule has 0 aromatic heterocycles. The summed E-state index contributed by atoms with van der Waals surface area (Å²) in [6, 6.07) is 15.2. The zero-order chi connectivity index (χ0) is 21.5. The lowest BCUT2D eigenvalue weighted by Crippen LogP contribution is -2.42. The molecule has 3 rings (SSSR count). The van der Waals surface area contributed by atoms with Gasteiger partial charge in [-0.25, -0.2) is 0 Å². The summed E-state index contributed by atoms with van der Waals surface area (Å²) in [5.41, 5.74) is 10.0. The predicted molar refractivity (Wildman–Crippen MR) is 123 cm³/mol. The van der Waals surface area contributed by atoms with Crippen molar-refractivity contribution in [3.05, 3.63) is 65.2 Å². The van der Waals surface area contributed by atoms with E-state index in [1.165, 1.54) is 6.92 Å². The average molecular weight is 406 g/mol. The second-order valence-electron chi connectivity index (χ2n) is 7.89. The van der Waals surface area contributed by atoms with Gasteiger partial charge in [-0.1, -0.05) is 37.3 Å². The minimum atomic E-state index is -0.0565. The van der Waals surface area contributed by atoms with Crippen molar-refractivity contribution in [2.75, 3.05) is 25.4 Å². The Morgan fingerprint density at radius 2 is 1.83 bits per heavy atom. The number of hydrogen-bond donors (Lipinski definition) is 2. The number of nitrogen functional groups attached to an aromatic ring is 1. The third kappa shape index (κ3) is 5.16. The van der Waals surface area contributed by atoms with Crippen LogP contribution in [0.25, 0.3) is 11.3 Å². The summed E-state index contributed by atoms with van der Waals surface area (Å²) < 4.78 is 0. The number of nitrogens with two attached hydrogens (primary N) is 1. The fourth-order valence-electron chi connectivity index (χ4n) is 4.01. The number of ketones is 1. The van der Waals surface area contributed by atoms with Gasteiger partial charge in [0, 0.05) is 41.5 Å². The van der Waals surface area contributed by atoms with E-state index in [0.29, 0.717) is 22.4 Å². The fourth-order valence-corrected chi connectivity index (χ4v) is 4.01. The number of nitrogens with one attached hydrogen (secondary N) is 1. The van der Waals surface area contributed by atoms with E-state index < -0.39 is 0 Å². The molecule has 0 radical (unpaired) electrons. The van der Waals surface area contributed by atoms with Crippen LogP contribution in [0.3, 0.4) is 0 Å². The number of benzene rings is 2. The van der Waals surface area contributed by atoms with Crippen molar-refractivity contribution in [2.24, 2.45) is 0 Å². The summed E-state index contributed by atoms with van der Waals surface area (Å²) in [5, 5.41) is 3.64. The van der Waals surface area contributed by atoms with Crippen LogP contribution in [0.4, 0.5) is 5.69 Å². The molecule has 0 atom stereocenters. The first-order chi connectivity index (χ1) is 14.5. The SMILES string of the molecule is CCCN1CCC(N/C(=C(\C=O)c2cc(C(C)=O)ccc2N)c2ccccc2)CC1. The van der Waals surface area contributed by atoms with E-state index in [1.807, 2.05) is 30.3 Å². The van der Waals surface area contributed by atoms with Gasteiger partial charge < -0.3 is 16.0 Å². The highest BCUT2D eigenvalue weighted by Gasteiger charge is 2.22. The lowest BCUT2D eigenvalue weighted by molar-refractivity contribution is -0.103. The third-order valence-electron chi connectivity index (χ3n) is 5.68. The number of aldehydes is 1. The lowest BCUT2D eigenvalue weighted by atomic mass is 9.95. The van der Waals surface area contributed by atoms with E-state index in [2.05, 4.69) is 17.1 Å². The monoisotopic (exact) mass is 405 g/mol. The van der Waals surface area contributed by atoms with Crippen LogP contribution in [0.15, 0.2) is 48.5 Å². The molecule has 158 valence electrons. The van der Waals surface area contributed by atoms with Crippen molar-refractivity contribution in [3.8, 4) is 0 Å². The fraction of sp³-hybridized carbons (Fsp3) is 0.360. The van der Waals surface area contributed by atoms with Crippen molar-refractivity contribution < 1.29 is 9.59 Å². The Bertz CT molecular complexity index is 913. The van der Waals surface area contributed by atoms with Gasteiger partial charge in [0.1, 0.15) is 0 Å². The normalized spacial score (nSPS) is 16.1. The molecule has 1 fully saturated rings. The Morgan fingerprint density at radius 1 is 1.13 bits per heavy atom. The maximum Gasteiger partial charge on any atom is 0.159 e. The maximum absolute atomic E-state index is 12.3. The molecule has 2 aromatic rings. The van der Waals surface area contributed by atoms with Crippen LogP contribution < -0.4 is 11.1 Å². The zero-order valence-electron chi connectivity index (χ0n) is 17.9. The standard InChI is InChI=1S/C25H31N3O2/c1-3-13-28-14-11-21(12-15-28)27-25(19-7-5-4-6-8-19)23(17-29)22-16-20(18(2)30)9-10-24(22)26/h4-10,16-17,21,27H,3,11-15,26H2,1-2H3/b25-23+. The Labute approximate surface area is 179 Å². The lowest BCUT2D eigenvalue weighted by Gasteiger charge is -2.33. The number of piperidine rings is 1. The number of carbonyl (C=O) groups excluding carboxylic acids is 2. The van der Waals surface area contributed by atoms with E-state index in [0.717, 1.165) is 56.4 Å². The quantitative estimate of drug-likeness (QED) is 0.228. The highest BCUT2D eigenvalue weighted by molar-refractivity contribution is 6.19. The molecular weight excluding hydrogens is 374 g/mol. The van der Waals surface area contributed by atoms with Gasteiger partial charge in [0.2, 0.25) is 0 Å². The van der Waals surface area contributed by atoms with E-state index >= 15 is 0 Å². The number of rotatable bonds is 8. The van der Waals surface area contributed by atoms with Gasteiger partial charge in [-0.2, -0.15) is 0 Å². The van der Waals surface area contributed by atoms with Gasteiger partial charge in [0.25, 0.3) is 0 Å². The van der Waals surface area contributed by atoms with E-state index in [-0.39, 0.29) is 11.8 Å². The first kappa shape index (κ1) is 21.8. The molecule has 5 nitrogen and oxygen atoms in total. The number of Topliss-reactive ketones (excluding diaryl/α,β-unsaturated/α-hetero) is 1.